The molecule has 0 aromatic carbocycles. The van der Waals surface area contributed by atoms with Gasteiger partial charge in [-0.1, -0.05) is 49.9 Å². The lowest BCUT2D eigenvalue weighted by Gasteiger charge is -2.30. The maximum atomic E-state index is 12.7. The summed E-state index contributed by atoms with van der Waals surface area (Å²) in [5.41, 5.74) is 4.27. The highest BCUT2D eigenvalue weighted by Crippen LogP contribution is 2.61. The average Bonchev–Trinajstić information content (AvgIpc) is 3.72. The van der Waals surface area contributed by atoms with Crippen molar-refractivity contribution < 1.29 is 80.5 Å². The fourth-order valence-corrected chi connectivity index (χ4v) is 8.85. The number of nitrogens with one attached hydrogen (secondary N) is 2. The van der Waals surface area contributed by atoms with Crippen molar-refractivity contribution in [2.75, 3.05) is 37.8 Å². The summed E-state index contributed by atoms with van der Waals surface area (Å²) in [5.74, 6) is -1.08. The van der Waals surface area contributed by atoms with Crippen LogP contribution in [0.5, 0.6) is 0 Å². The number of ether oxygens (including phenoxy) is 1. The molecule has 0 aliphatic carbocycles. The quantitative estimate of drug-likeness (QED) is 0.0368. The van der Waals surface area contributed by atoms with Gasteiger partial charge >= 0.3 is 23.5 Å². The molecule has 3 rings (SSSR count). The number of fused-ring (bicyclic) bond motifs is 1. The average molecular weight is 932 g/mol. The van der Waals surface area contributed by atoms with Crippen LogP contribution in [0.25, 0.3) is 11.2 Å². The number of hydrogen-bond donors (Lipinski definition) is 9. The van der Waals surface area contributed by atoms with E-state index in [0.717, 1.165) is 48.2 Å². The Kier molecular flexibility index (Phi) is 20.1. The second kappa shape index (κ2) is 23.5. The number of imidazole rings is 1. The van der Waals surface area contributed by atoms with E-state index >= 15 is 0 Å². The summed E-state index contributed by atoms with van der Waals surface area (Å²) < 4.78 is 62.2. The number of nitrogens with zero attached hydrogens (tertiary/aromatic N) is 4. The lowest BCUT2D eigenvalue weighted by molar-refractivity contribution is -0.137. The molecule has 2 amide bonds. The molecule has 0 saturated carbocycles. The minimum atomic E-state index is -5.57. The lowest BCUT2D eigenvalue weighted by Crippen LogP contribution is -2.46. The predicted molar refractivity (Wildman–Crippen MR) is 214 cm³/mol. The van der Waals surface area contributed by atoms with Crippen LogP contribution in [0.4, 0.5) is 5.82 Å². The topological polar surface area (TPSA) is 364 Å². The van der Waals surface area contributed by atoms with Gasteiger partial charge in [-0.3, -0.25) is 32.5 Å². The van der Waals surface area contributed by atoms with Crippen molar-refractivity contribution in [1.82, 2.24) is 30.2 Å². The number of anilines is 1. The maximum Gasteiger partial charge on any atom is 0.481 e. The van der Waals surface area contributed by atoms with Crippen LogP contribution in [0.2, 0.25) is 0 Å². The highest BCUT2D eigenvalue weighted by atomic mass is 32.2. The van der Waals surface area contributed by atoms with Gasteiger partial charge in [0, 0.05) is 37.1 Å². The van der Waals surface area contributed by atoms with E-state index in [9.17, 15) is 57.9 Å². The Balaban J connectivity index is 1.41. The SMILES string of the molecule is C/C=C/CCC/C=C/CCC(=O)SCCNC(=O)CCNC(=O)C(O)C(C)(C)COP(=O)(O)OP(=O)(O)OCC1OC(n2cnc3c(N)ncnc32)C(O)C1OP(=O)(O)O. The zero-order valence-electron chi connectivity index (χ0n) is 32.9. The van der Waals surface area contributed by atoms with E-state index in [1.807, 2.05) is 19.1 Å². The van der Waals surface area contributed by atoms with Gasteiger partial charge in [0.25, 0.3) is 0 Å². The van der Waals surface area contributed by atoms with Crippen molar-refractivity contribution in [3.8, 4) is 0 Å². The van der Waals surface area contributed by atoms with Gasteiger partial charge in [-0.25, -0.2) is 28.6 Å². The molecule has 3 heterocycles. The van der Waals surface area contributed by atoms with Gasteiger partial charge in [0.2, 0.25) is 11.8 Å². The molecule has 1 aliphatic rings. The van der Waals surface area contributed by atoms with Crippen molar-refractivity contribution >= 4 is 69.1 Å². The smallest absolute Gasteiger partial charge is 0.386 e. The maximum absolute atomic E-state index is 12.7. The molecule has 28 heteroatoms. The van der Waals surface area contributed by atoms with E-state index in [-0.39, 0.29) is 41.6 Å². The summed E-state index contributed by atoms with van der Waals surface area (Å²) in [7, 11) is -16.4. The Morgan fingerprint density at radius 2 is 1.68 bits per heavy atom. The van der Waals surface area contributed by atoms with Gasteiger partial charge in [-0.05, 0) is 32.6 Å². The van der Waals surface area contributed by atoms with Crippen molar-refractivity contribution in [3.05, 3.63) is 37.0 Å². The van der Waals surface area contributed by atoms with Gasteiger partial charge in [-0.15, -0.1) is 0 Å². The molecule has 0 bridgehead atoms. The van der Waals surface area contributed by atoms with Crippen LogP contribution >= 0.6 is 35.2 Å². The number of carbonyl (C=O) groups excluding carboxylic acids is 3. The van der Waals surface area contributed by atoms with Gasteiger partial charge in [0.15, 0.2) is 22.8 Å². The number of amides is 2. The summed E-state index contributed by atoms with van der Waals surface area (Å²) in [6, 6.07) is 0. The third-order valence-corrected chi connectivity index (χ3v) is 12.5. The number of phosphoric ester groups is 3. The first-order valence-corrected chi connectivity index (χ1v) is 23.9. The summed E-state index contributed by atoms with van der Waals surface area (Å²) in [6.45, 7) is 2.49. The Bertz CT molecular complexity index is 1960. The van der Waals surface area contributed by atoms with Crippen LogP contribution in [-0.2, 0) is 50.7 Å². The molecule has 1 aliphatic heterocycles. The molecule has 1 saturated heterocycles. The molecule has 10 N–H and O–H groups in total. The number of rotatable bonds is 26. The summed E-state index contributed by atoms with van der Waals surface area (Å²) in [4.78, 5) is 87.8. The van der Waals surface area contributed by atoms with Crippen LogP contribution in [0, 0.1) is 5.41 Å². The van der Waals surface area contributed by atoms with Crippen molar-refractivity contribution in [3.63, 3.8) is 0 Å². The standard InChI is InChI=1S/C32H52N7O17P3S/c1-4-5-6-7-8-9-10-11-12-23(41)60-16-15-34-22(40)13-14-35-30(44)27(43)32(2,3)18-53-59(50,51)56-58(48,49)52-17-21-26(55-57(45,46)47)25(42)31(54-21)39-20-38-24-28(33)36-19-37-29(24)39/h4-5,9-10,19-21,25-27,31,42-43H,6-8,11-18H2,1-3H3,(H,34,40)(H,35,44)(H,48,49)(H,50,51)(H2,33,36,37)(H2,45,46,47)/b5-4+,10-9+. The van der Waals surface area contributed by atoms with Crippen LogP contribution in [0.1, 0.15) is 65.5 Å². The first-order valence-electron chi connectivity index (χ1n) is 18.4. The number of nitrogens with two attached hydrogens (primary N) is 1. The number of aliphatic hydroxyl groups is 2. The van der Waals surface area contributed by atoms with Gasteiger partial charge in [0.05, 0.1) is 19.5 Å². The molecule has 0 radical (unpaired) electrons. The Morgan fingerprint density at radius 3 is 2.38 bits per heavy atom. The minimum Gasteiger partial charge on any atom is -0.386 e. The molecular formula is C32H52N7O17P3S. The second-order valence-corrected chi connectivity index (χ2v) is 19.2. The molecule has 338 valence electrons. The van der Waals surface area contributed by atoms with E-state index in [1.54, 1.807) is 0 Å². The van der Waals surface area contributed by atoms with Gasteiger partial charge in [0.1, 0.15) is 36.3 Å². The number of aliphatic hydroxyl groups excluding tert-OH is 2. The molecule has 1 fully saturated rings. The fourth-order valence-electron chi connectivity index (χ4n) is 5.32. The van der Waals surface area contributed by atoms with Gasteiger partial charge < -0.3 is 50.9 Å². The number of carbonyl (C=O) groups is 3. The monoisotopic (exact) mass is 931 g/mol. The first kappa shape index (κ1) is 51.4. The highest BCUT2D eigenvalue weighted by molar-refractivity contribution is 8.13. The van der Waals surface area contributed by atoms with Crippen LogP contribution in [-0.4, -0.2) is 123 Å². The van der Waals surface area contributed by atoms with E-state index in [1.165, 1.54) is 13.8 Å². The zero-order valence-corrected chi connectivity index (χ0v) is 36.4. The molecular weight excluding hydrogens is 879 g/mol. The third kappa shape index (κ3) is 17.1. The lowest BCUT2D eigenvalue weighted by atomic mass is 9.87. The van der Waals surface area contributed by atoms with Crippen LogP contribution in [0.3, 0.4) is 0 Å². The summed E-state index contributed by atoms with van der Waals surface area (Å²) in [5, 5.41) is 26.5. The van der Waals surface area contributed by atoms with E-state index in [0.29, 0.717) is 18.6 Å². The molecule has 7 unspecified atom stereocenters. The van der Waals surface area contributed by atoms with Crippen molar-refractivity contribution in [2.45, 2.75) is 89.9 Å². The number of unbranched alkanes of at least 4 members (excludes halogenated alkanes) is 2. The fraction of sp³-hybridized carbons (Fsp3) is 0.625. The predicted octanol–water partition coefficient (Wildman–Crippen LogP) is 1.75. The van der Waals surface area contributed by atoms with E-state index in [4.69, 9.17) is 19.5 Å². The van der Waals surface area contributed by atoms with Gasteiger partial charge in [-0.2, -0.15) is 4.31 Å². The van der Waals surface area contributed by atoms with E-state index in [2.05, 4.69) is 46.6 Å². The normalized spacial score (nSPS) is 21.3. The zero-order chi connectivity index (χ0) is 44.7. The van der Waals surface area contributed by atoms with Crippen LogP contribution < -0.4 is 16.4 Å². The highest BCUT2D eigenvalue weighted by Gasteiger charge is 2.50. The number of hydrogen-bond acceptors (Lipinski definition) is 18. The molecule has 60 heavy (non-hydrogen) atoms. The van der Waals surface area contributed by atoms with Crippen molar-refractivity contribution in [1.29, 1.82) is 0 Å². The van der Waals surface area contributed by atoms with E-state index < -0.39 is 84.6 Å². The Labute approximate surface area is 349 Å². The summed E-state index contributed by atoms with van der Waals surface area (Å²) >= 11 is 1.10. The molecule has 2 aromatic heterocycles. The minimum absolute atomic E-state index is 0.000234. The Hall–Kier alpha value is -2.96. The molecule has 0 spiro atoms. The molecule has 2 aromatic rings. The Morgan fingerprint density at radius 1 is 1.00 bits per heavy atom. The summed E-state index contributed by atoms with van der Waals surface area (Å²) in [6.07, 6.45) is 5.27. The second-order valence-electron chi connectivity index (χ2n) is 13.8. The first-order chi connectivity index (χ1) is 28.1. The molecule has 24 nitrogen and oxygen atoms in total. The number of nitrogen functional groups attached to an aromatic ring is 1. The number of phosphoric acid groups is 3. The van der Waals surface area contributed by atoms with Crippen LogP contribution in [0.15, 0.2) is 37.0 Å². The number of allylic oxidation sites excluding steroid dienone is 4. The number of thioether (sulfide) groups is 1. The van der Waals surface area contributed by atoms with Crippen molar-refractivity contribution in [2.24, 2.45) is 5.41 Å². The molecule has 7 atom stereocenters. The third-order valence-electron chi connectivity index (χ3n) is 8.42. The largest absolute Gasteiger partial charge is 0.481 e. The number of aromatic nitrogens is 4.